The van der Waals surface area contributed by atoms with Crippen LogP contribution in [0.25, 0.3) is 0 Å². The van der Waals surface area contributed by atoms with Gasteiger partial charge in [-0.05, 0) is 30.0 Å². The number of hydrogen-bond donors (Lipinski definition) is 2. The maximum absolute atomic E-state index is 12.3. The van der Waals surface area contributed by atoms with Crippen molar-refractivity contribution in [2.24, 2.45) is 0 Å². The van der Waals surface area contributed by atoms with E-state index in [-0.39, 0.29) is 22.8 Å². The van der Waals surface area contributed by atoms with Gasteiger partial charge in [0.15, 0.2) is 5.78 Å². The Kier molecular flexibility index (Phi) is 4.08. The van der Waals surface area contributed by atoms with E-state index in [9.17, 15) is 15.0 Å². The Balaban J connectivity index is 2.29. The van der Waals surface area contributed by atoms with Crippen molar-refractivity contribution in [3.05, 3.63) is 59.2 Å². The molecule has 20 heavy (non-hydrogen) atoms. The van der Waals surface area contributed by atoms with Gasteiger partial charge in [0, 0.05) is 11.6 Å². The minimum atomic E-state index is -0.252. The van der Waals surface area contributed by atoms with Crippen LogP contribution in [0.2, 0.25) is 0 Å². The van der Waals surface area contributed by atoms with Crippen LogP contribution in [0.4, 0.5) is 0 Å². The molecule has 0 radical (unpaired) electrons. The van der Waals surface area contributed by atoms with Crippen molar-refractivity contribution in [2.75, 3.05) is 0 Å². The van der Waals surface area contributed by atoms with Gasteiger partial charge in [0.25, 0.3) is 0 Å². The van der Waals surface area contributed by atoms with E-state index in [0.29, 0.717) is 11.5 Å². The molecular weight excluding hydrogens is 252 g/mol. The second-order valence-corrected chi connectivity index (χ2v) is 4.96. The number of carbonyl (C=O) groups is 1. The molecule has 1 atom stereocenters. The van der Waals surface area contributed by atoms with E-state index in [0.717, 1.165) is 6.42 Å². The molecule has 1 unspecified atom stereocenters. The predicted octanol–water partition coefficient (Wildman–Crippen LogP) is 3.84. The molecule has 0 saturated heterocycles. The van der Waals surface area contributed by atoms with Crippen LogP contribution in [0, 0.1) is 0 Å². The number of ketones is 1. The van der Waals surface area contributed by atoms with Crippen LogP contribution >= 0.6 is 0 Å². The van der Waals surface area contributed by atoms with Crippen molar-refractivity contribution in [2.45, 2.75) is 26.2 Å². The average molecular weight is 270 g/mol. The molecular formula is C17H18O3. The Hall–Kier alpha value is -2.29. The number of rotatable bonds is 4. The summed E-state index contributed by atoms with van der Waals surface area (Å²) in [4.78, 5) is 12.3. The van der Waals surface area contributed by atoms with Crippen LogP contribution in [0.5, 0.6) is 11.5 Å². The van der Waals surface area contributed by atoms with Gasteiger partial charge in [-0.25, -0.2) is 0 Å². The van der Waals surface area contributed by atoms with E-state index in [2.05, 4.69) is 13.8 Å². The molecule has 2 aromatic carbocycles. The summed E-state index contributed by atoms with van der Waals surface area (Å²) in [5.41, 5.74) is 1.91. The van der Waals surface area contributed by atoms with Crippen LogP contribution in [-0.4, -0.2) is 16.0 Å². The Morgan fingerprint density at radius 1 is 1.10 bits per heavy atom. The molecule has 0 aliphatic rings. The highest BCUT2D eigenvalue weighted by Crippen LogP contribution is 2.26. The first-order valence-corrected chi connectivity index (χ1v) is 6.69. The first-order valence-electron chi connectivity index (χ1n) is 6.69. The summed E-state index contributed by atoms with van der Waals surface area (Å²) in [6, 6.07) is 11.4. The number of phenolic OH excluding ortho intramolecular Hbond substituents is 2. The third kappa shape index (κ3) is 2.82. The monoisotopic (exact) mass is 270 g/mol. The number of carbonyl (C=O) groups excluding carboxylic acids is 1. The van der Waals surface area contributed by atoms with Crippen molar-refractivity contribution in [3.63, 3.8) is 0 Å². The lowest BCUT2D eigenvalue weighted by atomic mass is 9.95. The molecule has 0 spiro atoms. The van der Waals surface area contributed by atoms with Crippen molar-refractivity contribution >= 4 is 5.78 Å². The van der Waals surface area contributed by atoms with Gasteiger partial charge in [-0.2, -0.15) is 0 Å². The van der Waals surface area contributed by atoms with Crippen LogP contribution in [-0.2, 0) is 0 Å². The standard InChI is InChI=1S/C17H18O3/c1-3-11(2)12-4-6-13(7-5-12)17(20)15-9-8-14(18)10-16(15)19/h4-11,18-19H,3H2,1-2H3. The quantitative estimate of drug-likeness (QED) is 0.830. The lowest BCUT2D eigenvalue weighted by Crippen LogP contribution is -2.02. The molecule has 2 N–H and O–H groups in total. The summed E-state index contributed by atoms with van der Waals surface area (Å²) in [7, 11) is 0. The van der Waals surface area contributed by atoms with E-state index >= 15 is 0 Å². The molecule has 2 aromatic rings. The molecule has 0 saturated carbocycles. The maximum atomic E-state index is 12.3. The topological polar surface area (TPSA) is 57.5 Å². The number of phenols is 2. The molecule has 0 amide bonds. The third-order valence-electron chi connectivity index (χ3n) is 3.58. The van der Waals surface area contributed by atoms with Gasteiger partial charge < -0.3 is 10.2 Å². The van der Waals surface area contributed by atoms with E-state index in [1.807, 2.05) is 12.1 Å². The van der Waals surface area contributed by atoms with Gasteiger partial charge in [-0.1, -0.05) is 38.1 Å². The zero-order chi connectivity index (χ0) is 14.7. The fourth-order valence-electron chi connectivity index (χ4n) is 2.07. The zero-order valence-electron chi connectivity index (χ0n) is 11.6. The lowest BCUT2D eigenvalue weighted by molar-refractivity contribution is 0.103. The molecule has 2 rings (SSSR count). The fourth-order valence-corrected chi connectivity index (χ4v) is 2.07. The van der Waals surface area contributed by atoms with Crippen LogP contribution in [0.1, 0.15) is 47.7 Å². The number of benzene rings is 2. The summed E-state index contributed by atoms with van der Waals surface area (Å²) in [6.45, 7) is 4.26. The first kappa shape index (κ1) is 14.1. The predicted molar refractivity (Wildman–Crippen MR) is 78.4 cm³/mol. The Labute approximate surface area is 118 Å². The summed E-state index contributed by atoms with van der Waals surface area (Å²) >= 11 is 0. The minimum Gasteiger partial charge on any atom is -0.508 e. The molecule has 0 heterocycles. The van der Waals surface area contributed by atoms with E-state index < -0.39 is 0 Å². The molecule has 0 bridgehead atoms. The second kappa shape index (κ2) is 5.78. The zero-order valence-corrected chi connectivity index (χ0v) is 11.6. The van der Waals surface area contributed by atoms with E-state index in [1.165, 1.54) is 23.8 Å². The highest BCUT2D eigenvalue weighted by Gasteiger charge is 2.14. The van der Waals surface area contributed by atoms with Gasteiger partial charge in [-0.3, -0.25) is 4.79 Å². The van der Waals surface area contributed by atoms with Crippen molar-refractivity contribution < 1.29 is 15.0 Å². The van der Waals surface area contributed by atoms with E-state index in [4.69, 9.17) is 0 Å². The Morgan fingerprint density at radius 2 is 1.75 bits per heavy atom. The summed E-state index contributed by atoms with van der Waals surface area (Å²) in [5.74, 6) is -0.0633. The SMILES string of the molecule is CCC(C)c1ccc(C(=O)c2ccc(O)cc2O)cc1. The van der Waals surface area contributed by atoms with Crippen LogP contribution < -0.4 is 0 Å². The summed E-state index contributed by atoms with van der Waals surface area (Å²) in [6.07, 6.45) is 1.05. The van der Waals surface area contributed by atoms with Gasteiger partial charge >= 0.3 is 0 Å². The molecule has 0 aromatic heterocycles. The number of hydrogen-bond acceptors (Lipinski definition) is 3. The Bertz CT molecular complexity index is 615. The van der Waals surface area contributed by atoms with Crippen LogP contribution in [0.15, 0.2) is 42.5 Å². The van der Waals surface area contributed by atoms with Crippen molar-refractivity contribution in [1.29, 1.82) is 0 Å². The molecule has 3 nitrogen and oxygen atoms in total. The molecule has 0 aliphatic carbocycles. The van der Waals surface area contributed by atoms with Crippen molar-refractivity contribution in [1.82, 2.24) is 0 Å². The molecule has 0 aliphatic heterocycles. The van der Waals surface area contributed by atoms with Gasteiger partial charge in [-0.15, -0.1) is 0 Å². The second-order valence-electron chi connectivity index (χ2n) is 4.96. The van der Waals surface area contributed by atoms with Crippen molar-refractivity contribution in [3.8, 4) is 11.5 Å². The van der Waals surface area contributed by atoms with Gasteiger partial charge in [0.2, 0.25) is 0 Å². The molecule has 0 fully saturated rings. The van der Waals surface area contributed by atoms with E-state index in [1.54, 1.807) is 12.1 Å². The smallest absolute Gasteiger partial charge is 0.196 e. The molecule has 104 valence electrons. The first-order chi connectivity index (χ1) is 9.52. The lowest BCUT2D eigenvalue weighted by Gasteiger charge is -2.10. The molecule has 3 heteroatoms. The fraction of sp³-hybridized carbons (Fsp3) is 0.235. The highest BCUT2D eigenvalue weighted by molar-refractivity contribution is 6.10. The minimum absolute atomic E-state index is 0.0637. The normalized spacial score (nSPS) is 12.1. The summed E-state index contributed by atoms with van der Waals surface area (Å²) in [5, 5.41) is 19.0. The number of aromatic hydroxyl groups is 2. The largest absolute Gasteiger partial charge is 0.508 e. The van der Waals surface area contributed by atoms with Crippen LogP contribution in [0.3, 0.4) is 0 Å². The Morgan fingerprint density at radius 3 is 2.30 bits per heavy atom. The highest BCUT2D eigenvalue weighted by atomic mass is 16.3. The third-order valence-corrected chi connectivity index (χ3v) is 3.58. The average Bonchev–Trinajstić information content (AvgIpc) is 2.46. The van der Waals surface area contributed by atoms with Gasteiger partial charge in [0.05, 0.1) is 5.56 Å². The summed E-state index contributed by atoms with van der Waals surface area (Å²) < 4.78 is 0. The van der Waals surface area contributed by atoms with Gasteiger partial charge in [0.1, 0.15) is 11.5 Å². The maximum Gasteiger partial charge on any atom is 0.196 e.